The Morgan fingerprint density at radius 1 is 1.22 bits per heavy atom. The van der Waals surface area contributed by atoms with E-state index in [9.17, 15) is 0 Å². The van der Waals surface area contributed by atoms with Gasteiger partial charge in [-0.1, -0.05) is 0 Å². The van der Waals surface area contributed by atoms with Gasteiger partial charge in [0.15, 0.2) is 0 Å². The normalized spacial score (nSPS) is 12.0. The molecule has 1 heterocycles. The SMILES string of the molecule is CC(C)N(CCNCCc1cnn(C)c1)C(C)C. The summed E-state index contributed by atoms with van der Waals surface area (Å²) in [6, 6.07) is 1.23. The second-order valence-corrected chi connectivity index (χ2v) is 5.45. The van der Waals surface area contributed by atoms with E-state index in [-0.39, 0.29) is 0 Å². The average Bonchev–Trinajstić information content (AvgIpc) is 2.68. The first-order valence-electron chi connectivity index (χ1n) is 6.94. The Balaban J connectivity index is 2.14. The molecule has 0 saturated heterocycles. The van der Waals surface area contributed by atoms with Crippen molar-refractivity contribution in [3.05, 3.63) is 18.0 Å². The number of hydrogen-bond donors (Lipinski definition) is 1. The fourth-order valence-electron chi connectivity index (χ4n) is 2.28. The van der Waals surface area contributed by atoms with Crippen LogP contribution in [-0.4, -0.2) is 46.4 Å². The van der Waals surface area contributed by atoms with Crippen LogP contribution in [0.2, 0.25) is 0 Å². The summed E-state index contributed by atoms with van der Waals surface area (Å²) in [6.45, 7) is 12.2. The number of aromatic nitrogens is 2. The van der Waals surface area contributed by atoms with E-state index in [0.29, 0.717) is 12.1 Å². The predicted molar refractivity (Wildman–Crippen MR) is 76.8 cm³/mol. The predicted octanol–water partition coefficient (Wildman–Crippen LogP) is 1.67. The maximum atomic E-state index is 4.17. The zero-order chi connectivity index (χ0) is 13.5. The summed E-state index contributed by atoms with van der Waals surface area (Å²) in [5, 5.41) is 7.68. The third-order valence-electron chi connectivity index (χ3n) is 3.22. The first-order valence-corrected chi connectivity index (χ1v) is 6.94. The van der Waals surface area contributed by atoms with Crippen molar-refractivity contribution in [2.45, 2.75) is 46.2 Å². The molecule has 0 bridgehead atoms. The second kappa shape index (κ2) is 7.54. The second-order valence-electron chi connectivity index (χ2n) is 5.45. The summed E-state index contributed by atoms with van der Waals surface area (Å²) >= 11 is 0. The van der Waals surface area contributed by atoms with Crippen LogP contribution in [0.1, 0.15) is 33.3 Å². The summed E-state index contributed by atoms with van der Waals surface area (Å²) in [4.78, 5) is 2.51. The van der Waals surface area contributed by atoms with E-state index in [0.717, 1.165) is 26.1 Å². The molecule has 18 heavy (non-hydrogen) atoms. The molecule has 0 atom stereocenters. The van der Waals surface area contributed by atoms with Crippen LogP contribution in [-0.2, 0) is 13.5 Å². The molecule has 1 aromatic heterocycles. The van der Waals surface area contributed by atoms with Gasteiger partial charge in [-0.3, -0.25) is 9.58 Å². The third kappa shape index (κ3) is 5.19. The lowest BCUT2D eigenvalue weighted by Gasteiger charge is -2.30. The Morgan fingerprint density at radius 2 is 1.89 bits per heavy atom. The molecule has 1 rings (SSSR count). The van der Waals surface area contributed by atoms with Gasteiger partial charge in [-0.25, -0.2) is 0 Å². The topological polar surface area (TPSA) is 33.1 Å². The number of nitrogens with zero attached hydrogens (tertiary/aromatic N) is 3. The summed E-state index contributed by atoms with van der Waals surface area (Å²) in [7, 11) is 1.96. The van der Waals surface area contributed by atoms with Crippen LogP contribution in [0.4, 0.5) is 0 Å². The summed E-state index contributed by atoms with van der Waals surface area (Å²) in [5.74, 6) is 0. The van der Waals surface area contributed by atoms with E-state index in [1.807, 2.05) is 17.9 Å². The molecule has 0 aliphatic rings. The first-order chi connectivity index (χ1) is 8.50. The van der Waals surface area contributed by atoms with Gasteiger partial charge in [-0.15, -0.1) is 0 Å². The molecule has 1 N–H and O–H groups in total. The number of nitrogens with one attached hydrogen (secondary N) is 1. The quantitative estimate of drug-likeness (QED) is 0.715. The largest absolute Gasteiger partial charge is 0.315 e. The highest BCUT2D eigenvalue weighted by Gasteiger charge is 2.11. The molecule has 4 nitrogen and oxygen atoms in total. The molecule has 0 saturated carbocycles. The van der Waals surface area contributed by atoms with Crippen LogP contribution in [0.15, 0.2) is 12.4 Å². The van der Waals surface area contributed by atoms with Gasteiger partial charge in [0.05, 0.1) is 6.20 Å². The van der Waals surface area contributed by atoms with Crippen molar-refractivity contribution >= 4 is 0 Å². The molecule has 4 heteroatoms. The lowest BCUT2D eigenvalue weighted by molar-refractivity contribution is 0.176. The highest BCUT2D eigenvalue weighted by atomic mass is 15.2. The monoisotopic (exact) mass is 252 g/mol. The lowest BCUT2D eigenvalue weighted by Crippen LogP contribution is -2.41. The van der Waals surface area contributed by atoms with E-state index in [1.54, 1.807) is 0 Å². The molecule has 0 fully saturated rings. The smallest absolute Gasteiger partial charge is 0.0522 e. The van der Waals surface area contributed by atoms with Gasteiger partial charge in [0.25, 0.3) is 0 Å². The Kier molecular flexibility index (Phi) is 6.36. The molecule has 0 unspecified atom stereocenters. The Morgan fingerprint density at radius 3 is 2.39 bits per heavy atom. The number of hydrogen-bond acceptors (Lipinski definition) is 3. The fourth-order valence-corrected chi connectivity index (χ4v) is 2.28. The van der Waals surface area contributed by atoms with Crippen LogP contribution in [0, 0.1) is 0 Å². The molecule has 1 aromatic rings. The Bertz CT molecular complexity index is 322. The van der Waals surface area contributed by atoms with Crippen molar-refractivity contribution < 1.29 is 0 Å². The number of aryl methyl sites for hydroxylation is 1. The van der Waals surface area contributed by atoms with Crippen LogP contribution in [0.25, 0.3) is 0 Å². The van der Waals surface area contributed by atoms with E-state index >= 15 is 0 Å². The molecule has 0 radical (unpaired) electrons. The van der Waals surface area contributed by atoms with Gasteiger partial charge in [-0.05, 0) is 46.2 Å². The third-order valence-corrected chi connectivity index (χ3v) is 3.22. The zero-order valence-electron chi connectivity index (χ0n) is 12.5. The zero-order valence-corrected chi connectivity index (χ0v) is 12.5. The highest BCUT2D eigenvalue weighted by molar-refractivity contribution is 5.03. The van der Waals surface area contributed by atoms with Crippen LogP contribution in [0.5, 0.6) is 0 Å². The van der Waals surface area contributed by atoms with Crippen LogP contribution >= 0.6 is 0 Å². The average molecular weight is 252 g/mol. The summed E-state index contributed by atoms with van der Waals surface area (Å²) in [6.07, 6.45) is 5.07. The maximum absolute atomic E-state index is 4.17. The van der Waals surface area contributed by atoms with Gasteiger partial charge in [-0.2, -0.15) is 5.10 Å². The van der Waals surface area contributed by atoms with Gasteiger partial charge >= 0.3 is 0 Å². The van der Waals surface area contributed by atoms with E-state index in [1.165, 1.54) is 5.56 Å². The van der Waals surface area contributed by atoms with Crippen molar-refractivity contribution in [3.8, 4) is 0 Å². The van der Waals surface area contributed by atoms with Gasteiger partial charge in [0.1, 0.15) is 0 Å². The van der Waals surface area contributed by atoms with Gasteiger partial charge < -0.3 is 5.32 Å². The molecule has 0 aromatic carbocycles. The van der Waals surface area contributed by atoms with Crippen LogP contribution < -0.4 is 5.32 Å². The Hall–Kier alpha value is -0.870. The van der Waals surface area contributed by atoms with Crippen molar-refractivity contribution in [2.24, 2.45) is 7.05 Å². The minimum absolute atomic E-state index is 0.616. The molecular weight excluding hydrogens is 224 g/mol. The Labute approximate surface area is 111 Å². The standard InChI is InChI=1S/C14H28N4/c1-12(2)18(13(3)4)9-8-15-7-6-14-10-16-17(5)11-14/h10-13,15H,6-9H2,1-5H3. The fraction of sp³-hybridized carbons (Fsp3) is 0.786. The van der Waals surface area contributed by atoms with Crippen LogP contribution in [0.3, 0.4) is 0 Å². The number of rotatable bonds is 8. The van der Waals surface area contributed by atoms with Crippen molar-refractivity contribution in [3.63, 3.8) is 0 Å². The van der Waals surface area contributed by atoms with Crippen molar-refractivity contribution in [1.82, 2.24) is 20.0 Å². The molecule has 104 valence electrons. The first kappa shape index (κ1) is 15.2. The summed E-state index contributed by atoms with van der Waals surface area (Å²) < 4.78 is 1.86. The molecule has 0 aliphatic heterocycles. The molecular formula is C14H28N4. The maximum Gasteiger partial charge on any atom is 0.0522 e. The van der Waals surface area contributed by atoms with Gasteiger partial charge in [0, 0.05) is 38.4 Å². The minimum Gasteiger partial charge on any atom is -0.315 e. The van der Waals surface area contributed by atoms with E-state index in [4.69, 9.17) is 0 Å². The van der Waals surface area contributed by atoms with Crippen molar-refractivity contribution in [1.29, 1.82) is 0 Å². The van der Waals surface area contributed by atoms with Crippen molar-refractivity contribution in [2.75, 3.05) is 19.6 Å². The lowest BCUT2D eigenvalue weighted by atomic mass is 10.2. The molecule has 0 amide bonds. The van der Waals surface area contributed by atoms with Gasteiger partial charge in [0.2, 0.25) is 0 Å². The summed E-state index contributed by atoms with van der Waals surface area (Å²) in [5.41, 5.74) is 1.30. The molecule has 0 aliphatic carbocycles. The van der Waals surface area contributed by atoms with E-state index in [2.05, 4.69) is 49.2 Å². The van der Waals surface area contributed by atoms with E-state index < -0.39 is 0 Å². The minimum atomic E-state index is 0.616. The highest BCUT2D eigenvalue weighted by Crippen LogP contribution is 2.03. The molecule has 0 spiro atoms.